The summed E-state index contributed by atoms with van der Waals surface area (Å²) >= 11 is 7.03. The van der Waals surface area contributed by atoms with Gasteiger partial charge in [-0.1, -0.05) is 48.0 Å². The van der Waals surface area contributed by atoms with E-state index >= 15 is 0 Å². The predicted octanol–water partition coefficient (Wildman–Crippen LogP) is 5.33. The lowest BCUT2D eigenvalue weighted by Gasteiger charge is -2.11. The second-order valence-electron chi connectivity index (χ2n) is 6.98. The Bertz CT molecular complexity index is 1240. The minimum Gasteiger partial charge on any atom is -0.493 e. The third kappa shape index (κ3) is 5.83. The third-order valence-electron chi connectivity index (χ3n) is 4.67. The van der Waals surface area contributed by atoms with Crippen LogP contribution < -0.4 is 14.8 Å². The smallest absolute Gasteiger partial charge is 0.279 e. The van der Waals surface area contributed by atoms with E-state index < -0.39 is 5.91 Å². The molecule has 3 aromatic carbocycles. The highest BCUT2D eigenvalue weighted by molar-refractivity contribution is 8.18. The highest BCUT2D eigenvalue weighted by Gasteiger charge is 2.25. The van der Waals surface area contributed by atoms with Gasteiger partial charge in [0.25, 0.3) is 11.8 Å². The average Bonchev–Trinajstić information content (AvgIpc) is 3.17. The number of hydrogen-bond acceptors (Lipinski definition) is 5. The van der Waals surface area contributed by atoms with Gasteiger partial charge < -0.3 is 14.8 Å². The monoisotopic (exact) mass is 478 g/mol. The normalized spacial score (nSPS) is 15.5. The Morgan fingerprint density at radius 1 is 1.06 bits per heavy atom. The molecule has 33 heavy (non-hydrogen) atoms. The molecule has 1 fully saturated rings. The molecule has 166 valence electrons. The van der Waals surface area contributed by atoms with Crippen molar-refractivity contribution in [2.45, 2.75) is 6.61 Å². The largest absolute Gasteiger partial charge is 0.493 e. The number of aliphatic imine (C=N–C) groups is 1. The first kappa shape index (κ1) is 22.6. The Hall–Kier alpha value is -3.55. The summed E-state index contributed by atoms with van der Waals surface area (Å²) in [4.78, 5) is 29.1. The topological polar surface area (TPSA) is 77.0 Å². The summed E-state index contributed by atoms with van der Waals surface area (Å²) in [5.41, 5.74) is 2.18. The summed E-state index contributed by atoms with van der Waals surface area (Å²) in [6.07, 6.45) is 1.71. The molecule has 3 aromatic rings. The van der Waals surface area contributed by atoms with Crippen LogP contribution in [0.3, 0.4) is 0 Å². The Morgan fingerprint density at radius 2 is 1.82 bits per heavy atom. The van der Waals surface area contributed by atoms with Gasteiger partial charge in [0.2, 0.25) is 0 Å². The number of amidine groups is 1. The van der Waals surface area contributed by atoms with E-state index in [0.717, 1.165) is 22.9 Å². The third-order valence-corrected chi connectivity index (χ3v) is 5.83. The summed E-state index contributed by atoms with van der Waals surface area (Å²) in [5, 5.41) is 3.54. The van der Waals surface area contributed by atoms with Crippen molar-refractivity contribution in [1.29, 1.82) is 0 Å². The molecule has 6 nitrogen and oxygen atoms in total. The molecule has 1 saturated heterocycles. The summed E-state index contributed by atoms with van der Waals surface area (Å²) < 4.78 is 11.3. The van der Waals surface area contributed by atoms with E-state index in [1.807, 2.05) is 36.4 Å². The fourth-order valence-electron chi connectivity index (χ4n) is 3.00. The number of methoxy groups -OCH3 is 1. The van der Waals surface area contributed by atoms with Crippen LogP contribution in [-0.2, 0) is 11.4 Å². The fourth-order valence-corrected chi connectivity index (χ4v) is 3.95. The Labute approximate surface area is 200 Å². The van der Waals surface area contributed by atoms with Crippen LogP contribution in [0.15, 0.2) is 82.7 Å². The van der Waals surface area contributed by atoms with Crippen LogP contribution in [0.25, 0.3) is 6.08 Å². The van der Waals surface area contributed by atoms with Gasteiger partial charge in [0, 0.05) is 10.6 Å². The zero-order valence-electron chi connectivity index (χ0n) is 17.6. The van der Waals surface area contributed by atoms with Crippen molar-refractivity contribution in [2.75, 3.05) is 7.11 Å². The second-order valence-corrected chi connectivity index (χ2v) is 8.45. The molecule has 8 heteroatoms. The zero-order valence-corrected chi connectivity index (χ0v) is 19.2. The van der Waals surface area contributed by atoms with Gasteiger partial charge in [-0.3, -0.25) is 9.59 Å². The van der Waals surface area contributed by atoms with E-state index in [2.05, 4.69) is 10.3 Å². The van der Waals surface area contributed by atoms with Crippen molar-refractivity contribution < 1.29 is 19.1 Å². The molecule has 0 saturated carbocycles. The van der Waals surface area contributed by atoms with Crippen molar-refractivity contribution in [1.82, 2.24) is 5.32 Å². The van der Waals surface area contributed by atoms with Crippen molar-refractivity contribution in [2.24, 2.45) is 4.99 Å². The minimum atomic E-state index is -0.413. The first-order chi connectivity index (χ1) is 16.0. The summed E-state index contributed by atoms with van der Waals surface area (Å²) in [5.74, 6) is 0.383. The number of benzene rings is 3. The average molecular weight is 479 g/mol. The highest BCUT2D eigenvalue weighted by atomic mass is 35.5. The number of halogens is 1. The Balaban J connectivity index is 1.46. The van der Waals surface area contributed by atoms with Crippen molar-refractivity contribution in [3.05, 3.63) is 99.4 Å². The molecule has 0 atom stereocenters. The van der Waals surface area contributed by atoms with Gasteiger partial charge in [0.15, 0.2) is 16.7 Å². The molecule has 4 rings (SSSR count). The van der Waals surface area contributed by atoms with Crippen LogP contribution in [0.1, 0.15) is 21.5 Å². The van der Waals surface area contributed by atoms with Crippen LogP contribution in [0.5, 0.6) is 11.5 Å². The molecule has 1 heterocycles. The number of thioether (sulfide) groups is 1. The molecule has 1 aliphatic rings. The predicted molar refractivity (Wildman–Crippen MR) is 131 cm³/mol. The summed E-state index contributed by atoms with van der Waals surface area (Å²) in [6, 6.07) is 21.5. The molecular weight excluding hydrogens is 460 g/mol. The molecular formula is C25H19ClN2O4S. The van der Waals surface area contributed by atoms with Gasteiger partial charge >= 0.3 is 0 Å². The lowest BCUT2D eigenvalue weighted by Crippen LogP contribution is -2.20. The van der Waals surface area contributed by atoms with E-state index in [1.54, 1.807) is 49.6 Å². The van der Waals surface area contributed by atoms with E-state index in [-0.39, 0.29) is 11.1 Å². The molecule has 0 spiro atoms. The second kappa shape index (κ2) is 10.4. The van der Waals surface area contributed by atoms with E-state index in [9.17, 15) is 9.59 Å². The SMILES string of the molecule is COc1cc(/C=C2\SC(=NC(=O)c3ccccc3)NC2=O)ccc1OCc1ccc(Cl)cc1. The molecule has 0 unspecified atom stereocenters. The number of amides is 2. The molecule has 0 bridgehead atoms. The van der Waals surface area contributed by atoms with Gasteiger partial charge in [-0.05, 0) is 65.4 Å². The maximum absolute atomic E-state index is 12.4. The summed E-state index contributed by atoms with van der Waals surface area (Å²) in [6.45, 7) is 0.363. The number of hydrogen-bond donors (Lipinski definition) is 1. The van der Waals surface area contributed by atoms with Gasteiger partial charge in [0.05, 0.1) is 12.0 Å². The van der Waals surface area contributed by atoms with Crippen molar-refractivity contribution >= 4 is 46.4 Å². The quantitative estimate of drug-likeness (QED) is 0.485. The lowest BCUT2D eigenvalue weighted by molar-refractivity contribution is -0.115. The van der Waals surface area contributed by atoms with Crippen molar-refractivity contribution in [3.8, 4) is 11.5 Å². The number of rotatable bonds is 6. The molecule has 0 aromatic heterocycles. The van der Waals surface area contributed by atoms with Crippen LogP contribution in [-0.4, -0.2) is 24.1 Å². The Morgan fingerprint density at radius 3 is 2.55 bits per heavy atom. The standard InChI is InChI=1S/C25H19ClN2O4S/c1-31-21-13-17(9-12-20(21)32-15-16-7-10-19(26)11-8-16)14-22-24(30)28-25(33-22)27-23(29)18-5-3-2-4-6-18/h2-14H,15H2,1H3,(H,27,28,29,30)/b22-14-. The van der Waals surface area contributed by atoms with E-state index in [0.29, 0.717) is 33.6 Å². The van der Waals surface area contributed by atoms with Gasteiger partial charge in [-0.25, -0.2) is 0 Å². The number of carbonyl (C=O) groups excluding carboxylic acids is 2. The molecule has 2 amide bonds. The number of nitrogens with zero attached hydrogens (tertiary/aromatic N) is 1. The number of ether oxygens (including phenoxy) is 2. The molecule has 1 N–H and O–H groups in total. The van der Waals surface area contributed by atoms with Crippen LogP contribution in [0.4, 0.5) is 0 Å². The number of nitrogens with one attached hydrogen (secondary N) is 1. The first-order valence-corrected chi connectivity index (χ1v) is 11.2. The first-order valence-electron chi connectivity index (χ1n) is 9.96. The van der Waals surface area contributed by atoms with E-state index in [1.165, 1.54) is 0 Å². The van der Waals surface area contributed by atoms with Gasteiger partial charge in [-0.15, -0.1) is 0 Å². The zero-order chi connectivity index (χ0) is 23.2. The summed E-state index contributed by atoms with van der Waals surface area (Å²) in [7, 11) is 1.55. The van der Waals surface area contributed by atoms with Gasteiger partial charge in [-0.2, -0.15) is 4.99 Å². The molecule has 0 aliphatic carbocycles. The maximum Gasteiger partial charge on any atom is 0.279 e. The maximum atomic E-state index is 12.4. The van der Waals surface area contributed by atoms with Crippen LogP contribution in [0.2, 0.25) is 5.02 Å². The van der Waals surface area contributed by atoms with E-state index in [4.69, 9.17) is 21.1 Å². The van der Waals surface area contributed by atoms with Crippen molar-refractivity contribution in [3.63, 3.8) is 0 Å². The molecule has 0 radical (unpaired) electrons. The lowest BCUT2D eigenvalue weighted by atomic mass is 10.2. The molecule has 1 aliphatic heterocycles. The highest BCUT2D eigenvalue weighted by Crippen LogP contribution is 2.32. The van der Waals surface area contributed by atoms with Crippen LogP contribution in [0, 0.1) is 0 Å². The fraction of sp³-hybridized carbons (Fsp3) is 0.0800. The van der Waals surface area contributed by atoms with Gasteiger partial charge in [0.1, 0.15) is 6.61 Å². The minimum absolute atomic E-state index is 0.245. The Kier molecular flexibility index (Phi) is 7.12. The number of carbonyl (C=O) groups is 2. The van der Waals surface area contributed by atoms with Crippen LogP contribution >= 0.6 is 23.4 Å².